The van der Waals surface area contributed by atoms with Crippen molar-refractivity contribution in [2.24, 2.45) is 10.3 Å². The Kier molecular flexibility index (Phi) is 5.18. The average Bonchev–Trinajstić information content (AvgIpc) is 1.87. The van der Waals surface area contributed by atoms with Crippen LogP contribution in [0.4, 0.5) is 0 Å². The maximum Gasteiger partial charge on any atom is 0.211 e. The molecule has 63 valence electrons. The molecule has 1 radical (unpaired) electrons. The Balaban J connectivity index is 3.44. The number of hydrogen-bond acceptors (Lipinski definition) is 4. The van der Waals surface area contributed by atoms with Crippen LogP contribution in [-0.2, 0) is 0 Å². The number of rotatable bonds is 5. The molecular weight excluding hydrogens is 148 g/mol. The molecule has 0 aliphatic rings. The third-order valence-electron chi connectivity index (χ3n) is 0.981. The molecule has 0 saturated heterocycles. The zero-order valence-electron chi connectivity index (χ0n) is 6.43. The molecule has 0 unspecified atom stereocenters. The molecule has 0 bridgehead atoms. The van der Waals surface area contributed by atoms with E-state index in [0.717, 1.165) is 13.0 Å². The van der Waals surface area contributed by atoms with Crippen LogP contribution in [0.2, 0.25) is 0 Å². The molecule has 0 fully saturated rings. The molecule has 0 aromatic carbocycles. The second-order valence-corrected chi connectivity index (χ2v) is 2.04. The summed E-state index contributed by atoms with van der Waals surface area (Å²) in [6.45, 7) is 4.63. The summed E-state index contributed by atoms with van der Waals surface area (Å²) in [5.41, 5.74) is 0. The van der Waals surface area contributed by atoms with Crippen molar-refractivity contribution in [1.29, 1.82) is 0 Å². The van der Waals surface area contributed by atoms with E-state index in [1.807, 2.05) is 0 Å². The third-order valence-corrected chi connectivity index (χ3v) is 0.981. The van der Waals surface area contributed by atoms with Crippen molar-refractivity contribution in [2.75, 3.05) is 20.3 Å². The summed E-state index contributed by atoms with van der Waals surface area (Å²) in [4.78, 5) is 11.4. The molecular formula is C5H11N4O2. The summed E-state index contributed by atoms with van der Waals surface area (Å²) < 4.78 is 0. The molecule has 0 aliphatic carbocycles. The van der Waals surface area contributed by atoms with Crippen molar-refractivity contribution in [3.8, 4) is 0 Å². The van der Waals surface area contributed by atoms with Gasteiger partial charge >= 0.3 is 0 Å². The Morgan fingerprint density at radius 2 is 2.36 bits per heavy atom. The quantitative estimate of drug-likeness (QED) is 0.337. The minimum absolute atomic E-state index is 0.247. The first-order chi connectivity index (χ1) is 5.16. The lowest BCUT2D eigenvalue weighted by Crippen LogP contribution is -2.18. The lowest BCUT2D eigenvalue weighted by molar-refractivity contribution is -0.494. The van der Waals surface area contributed by atoms with E-state index >= 15 is 0 Å². The fourth-order valence-corrected chi connectivity index (χ4v) is 0.529. The molecule has 6 heteroatoms. The van der Waals surface area contributed by atoms with Crippen molar-refractivity contribution in [3.05, 3.63) is 17.0 Å². The molecule has 0 rings (SSSR count). The zero-order chi connectivity index (χ0) is 8.69. The summed E-state index contributed by atoms with van der Waals surface area (Å²) in [5.74, 6) is 0. The van der Waals surface area contributed by atoms with E-state index in [1.165, 1.54) is 0 Å². The number of nitro groups is 1. The Morgan fingerprint density at radius 3 is 2.82 bits per heavy atom. The van der Waals surface area contributed by atoms with Gasteiger partial charge in [0.15, 0.2) is 5.22 Å². The van der Waals surface area contributed by atoms with Crippen molar-refractivity contribution in [3.63, 3.8) is 0 Å². The molecule has 11 heavy (non-hydrogen) atoms. The van der Waals surface area contributed by atoms with Gasteiger partial charge in [-0.15, -0.1) is 0 Å². The zero-order valence-corrected chi connectivity index (χ0v) is 6.43. The number of nitrogens with zero attached hydrogens (tertiary/aromatic N) is 4. The van der Waals surface area contributed by atoms with Gasteiger partial charge in [0.05, 0.1) is 10.1 Å². The van der Waals surface area contributed by atoms with E-state index < -0.39 is 5.03 Å². The molecule has 0 atom stereocenters. The molecule has 0 aromatic heterocycles. The lowest BCUT2D eigenvalue weighted by atomic mass is 10.5. The molecule has 0 aliphatic heterocycles. The summed E-state index contributed by atoms with van der Waals surface area (Å²) in [6, 6.07) is 0. The second kappa shape index (κ2) is 5.72. The summed E-state index contributed by atoms with van der Waals surface area (Å²) in [5, 5.41) is 14.9. The molecule has 0 aromatic rings. The highest BCUT2D eigenvalue weighted by Crippen LogP contribution is 1.86. The molecule has 0 N–H and O–H groups in total. The lowest BCUT2D eigenvalue weighted by Gasteiger charge is -2.06. The van der Waals surface area contributed by atoms with Crippen molar-refractivity contribution in [2.45, 2.75) is 6.42 Å². The van der Waals surface area contributed by atoms with Crippen molar-refractivity contribution >= 4 is 0 Å². The van der Waals surface area contributed by atoms with Gasteiger partial charge in [-0.3, -0.25) is 4.90 Å². The van der Waals surface area contributed by atoms with Gasteiger partial charge in [0.25, 0.3) is 0 Å². The van der Waals surface area contributed by atoms with Gasteiger partial charge in [0.2, 0.25) is 6.67 Å². The van der Waals surface area contributed by atoms with E-state index in [-0.39, 0.29) is 6.67 Å². The van der Waals surface area contributed by atoms with Gasteiger partial charge in [-0.05, 0) is 13.5 Å². The predicted molar refractivity (Wildman–Crippen MR) is 39.3 cm³/mol. The Labute approximate surface area is 65.0 Å². The number of hydrogen-bond donors (Lipinski definition) is 0. The fraction of sp³-hybridized carbons (Fsp3) is 0.800. The van der Waals surface area contributed by atoms with Crippen LogP contribution in [0.3, 0.4) is 0 Å². The van der Waals surface area contributed by atoms with Crippen LogP contribution in [0, 0.1) is 17.0 Å². The second-order valence-electron chi connectivity index (χ2n) is 2.04. The smallest absolute Gasteiger partial charge is 0.211 e. The Morgan fingerprint density at radius 1 is 1.73 bits per heavy atom. The Bertz CT molecular complexity index is 147. The monoisotopic (exact) mass is 159 g/mol. The summed E-state index contributed by atoms with van der Waals surface area (Å²) >= 11 is 0. The van der Waals surface area contributed by atoms with Gasteiger partial charge in [-0.1, -0.05) is 6.92 Å². The van der Waals surface area contributed by atoms with E-state index in [1.54, 1.807) is 11.9 Å². The maximum atomic E-state index is 9.65. The largest absolute Gasteiger partial charge is 0.337 e. The van der Waals surface area contributed by atoms with Crippen LogP contribution >= 0.6 is 0 Å². The minimum Gasteiger partial charge on any atom is -0.337 e. The van der Waals surface area contributed by atoms with E-state index in [4.69, 9.17) is 0 Å². The van der Waals surface area contributed by atoms with Crippen LogP contribution in [0.15, 0.2) is 10.3 Å². The van der Waals surface area contributed by atoms with Crippen LogP contribution in [-0.4, -0.2) is 30.2 Å². The van der Waals surface area contributed by atoms with Gasteiger partial charge in [-0.2, -0.15) is 0 Å². The average molecular weight is 159 g/mol. The van der Waals surface area contributed by atoms with Crippen LogP contribution in [0.25, 0.3) is 0 Å². The molecule has 0 heterocycles. The van der Waals surface area contributed by atoms with Gasteiger partial charge in [0.1, 0.15) is 0 Å². The van der Waals surface area contributed by atoms with Crippen LogP contribution < -0.4 is 0 Å². The normalized spacial score (nSPS) is 11.2. The molecule has 0 amide bonds. The molecule has 0 spiro atoms. The predicted octanol–water partition coefficient (Wildman–Crippen LogP) is 0.744. The van der Waals surface area contributed by atoms with Gasteiger partial charge in [0, 0.05) is 6.54 Å². The summed E-state index contributed by atoms with van der Waals surface area (Å²) in [6.07, 6.45) is 0.754. The fourth-order valence-electron chi connectivity index (χ4n) is 0.529. The van der Waals surface area contributed by atoms with E-state index in [9.17, 15) is 10.1 Å². The standard InChI is InChI=1S/C5H11N4O2/c1-3-4-8(2)5-6-7-9(10)11/h1,3-5H2,2H3. The maximum absolute atomic E-state index is 9.65. The highest BCUT2D eigenvalue weighted by Gasteiger charge is 1.97. The highest BCUT2D eigenvalue weighted by molar-refractivity contribution is 4.48. The van der Waals surface area contributed by atoms with E-state index in [2.05, 4.69) is 17.3 Å². The Hall–Kier alpha value is -1.04. The van der Waals surface area contributed by atoms with Gasteiger partial charge < -0.3 is 10.1 Å². The first-order valence-electron chi connectivity index (χ1n) is 3.16. The van der Waals surface area contributed by atoms with Gasteiger partial charge in [-0.25, -0.2) is 0 Å². The van der Waals surface area contributed by atoms with Crippen molar-refractivity contribution < 1.29 is 5.03 Å². The highest BCUT2D eigenvalue weighted by atomic mass is 16.7. The minimum atomic E-state index is -0.821. The topological polar surface area (TPSA) is 71.1 Å². The molecule has 6 nitrogen and oxygen atoms in total. The SMILES string of the molecule is [CH2]CCN(C)CN=N[N+](=O)[O-]. The van der Waals surface area contributed by atoms with Crippen LogP contribution in [0.5, 0.6) is 0 Å². The molecule has 0 saturated carbocycles. The third kappa shape index (κ3) is 6.85. The first-order valence-corrected chi connectivity index (χ1v) is 3.16. The van der Waals surface area contributed by atoms with Crippen molar-refractivity contribution in [1.82, 2.24) is 4.90 Å². The first kappa shape index (κ1) is 9.96. The van der Waals surface area contributed by atoms with E-state index in [0.29, 0.717) is 0 Å². The van der Waals surface area contributed by atoms with Crippen LogP contribution in [0.1, 0.15) is 6.42 Å². The summed E-state index contributed by atoms with van der Waals surface area (Å²) in [7, 11) is 1.80.